The minimum absolute atomic E-state index is 0.140. The number of allylic oxidation sites excluding steroid dienone is 10. The topological polar surface area (TPSA) is 30.9 Å². The number of hydrogen-bond acceptors (Lipinski definition) is 1. The van der Waals surface area contributed by atoms with E-state index in [1.165, 1.54) is 60.4 Å². The van der Waals surface area contributed by atoms with Crippen LogP contribution in [0, 0.1) is 0 Å². The highest BCUT2D eigenvalue weighted by Gasteiger charge is 2.39. The lowest BCUT2D eigenvalue weighted by molar-refractivity contribution is 0.671. The van der Waals surface area contributed by atoms with Gasteiger partial charge in [0.15, 0.2) is 0 Å². The molecule has 0 unspecified atom stereocenters. The van der Waals surface area contributed by atoms with Crippen LogP contribution in [0.4, 0.5) is 0 Å². The predicted molar refractivity (Wildman–Crippen MR) is 207 cm³/mol. The van der Waals surface area contributed by atoms with Crippen LogP contribution >= 0.6 is 0 Å². The van der Waals surface area contributed by atoms with Crippen molar-refractivity contribution in [3.63, 3.8) is 0 Å². The van der Waals surface area contributed by atoms with Crippen LogP contribution in [0.2, 0.25) is 0 Å². The molecule has 1 aromatic heterocycles. The largest absolute Gasteiger partial charge is 0.399 e. The Morgan fingerprint density at radius 2 is 1.48 bits per heavy atom. The highest BCUT2D eigenvalue weighted by molar-refractivity contribution is 6.10. The summed E-state index contributed by atoms with van der Waals surface area (Å²) in [5.74, 6) is 0. The second-order valence-corrected chi connectivity index (χ2v) is 11.3. The molecule has 0 spiro atoms. The zero-order valence-corrected chi connectivity index (χ0v) is 27.9. The van der Waals surface area contributed by atoms with Gasteiger partial charge in [-0.15, -0.1) is 0 Å². The summed E-state index contributed by atoms with van der Waals surface area (Å²) >= 11 is 0. The summed E-state index contributed by atoms with van der Waals surface area (Å²) in [6.45, 7) is 21.7. The molecule has 4 aromatic carbocycles. The van der Waals surface area contributed by atoms with Crippen molar-refractivity contribution in [2.45, 2.75) is 40.0 Å². The minimum Gasteiger partial charge on any atom is -0.399 e. The SMILES string of the molecule is C=C/C=C(/N)C=C.C=C/C=C1\C(=C/c2ccc3c4ccccc4n(/C=C\C=C/C)c3c2)C(C)(C)c2c1ccc1ccccc21.CC. The maximum absolute atomic E-state index is 5.26. The lowest BCUT2D eigenvalue weighted by Gasteiger charge is -2.23. The predicted octanol–water partition coefficient (Wildman–Crippen LogP) is 12.2. The van der Waals surface area contributed by atoms with Crippen LogP contribution in [0.1, 0.15) is 51.3 Å². The molecule has 6 rings (SSSR count). The Bertz CT molecular complexity index is 2050. The van der Waals surface area contributed by atoms with Crippen LogP contribution in [0.25, 0.3) is 50.4 Å². The number of fused-ring (bicyclic) bond motifs is 6. The Hall–Kier alpha value is -5.34. The summed E-state index contributed by atoms with van der Waals surface area (Å²) in [5, 5.41) is 5.15. The second kappa shape index (κ2) is 15.1. The molecule has 2 nitrogen and oxygen atoms in total. The molecule has 46 heavy (non-hydrogen) atoms. The van der Waals surface area contributed by atoms with Crippen LogP contribution in [0.3, 0.4) is 0 Å². The molecular weight excluding hydrogens is 556 g/mol. The summed E-state index contributed by atoms with van der Waals surface area (Å²) in [6.07, 6.45) is 19.7. The van der Waals surface area contributed by atoms with Gasteiger partial charge in [0.05, 0.1) is 11.0 Å². The van der Waals surface area contributed by atoms with Crippen LogP contribution in [0.5, 0.6) is 0 Å². The number of hydrogen-bond donors (Lipinski definition) is 1. The van der Waals surface area contributed by atoms with E-state index in [-0.39, 0.29) is 5.41 Å². The van der Waals surface area contributed by atoms with E-state index < -0.39 is 0 Å². The van der Waals surface area contributed by atoms with Crippen molar-refractivity contribution in [3.05, 3.63) is 175 Å². The molecule has 2 heteroatoms. The van der Waals surface area contributed by atoms with Gasteiger partial charge >= 0.3 is 0 Å². The smallest absolute Gasteiger partial charge is 0.0540 e. The first-order valence-corrected chi connectivity index (χ1v) is 16.0. The van der Waals surface area contributed by atoms with E-state index >= 15 is 0 Å². The molecule has 0 atom stereocenters. The second-order valence-electron chi connectivity index (χ2n) is 11.3. The number of nitrogens with two attached hydrogens (primary N) is 1. The van der Waals surface area contributed by atoms with Gasteiger partial charge in [0, 0.05) is 28.1 Å². The molecular formula is C44H46N2. The van der Waals surface area contributed by atoms with Crippen molar-refractivity contribution in [3.8, 4) is 0 Å². The molecule has 0 aliphatic heterocycles. The fourth-order valence-corrected chi connectivity index (χ4v) is 6.23. The molecule has 1 heterocycles. The third-order valence-electron chi connectivity index (χ3n) is 8.22. The van der Waals surface area contributed by atoms with Crippen molar-refractivity contribution in [1.82, 2.24) is 4.57 Å². The lowest BCUT2D eigenvalue weighted by Crippen LogP contribution is -2.15. The van der Waals surface area contributed by atoms with E-state index in [9.17, 15) is 0 Å². The Kier molecular flexibility index (Phi) is 11.0. The van der Waals surface area contributed by atoms with Gasteiger partial charge in [0.1, 0.15) is 0 Å². The molecule has 5 aromatic rings. The quantitative estimate of drug-likeness (QED) is 0.193. The van der Waals surface area contributed by atoms with Crippen molar-refractivity contribution in [2.24, 2.45) is 5.73 Å². The Morgan fingerprint density at radius 3 is 2.15 bits per heavy atom. The van der Waals surface area contributed by atoms with E-state index in [1.807, 2.05) is 26.8 Å². The first-order chi connectivity index (χ1) is 22.3. The maximum atomic E-state index is 5.26. The summed E-state index contributed by atoms with van der Waals surface area (Å²) < 4.78 is 2.30. The minimum atomic E-state index is -0.140. The third kappa shape index (κ3) is 6.53. The van der Waals surface area contributed by atoms with Crippen molar-refractivity contribution in [2.75, 3.05) is 0 Å². The van der Waals surface area contributed by atoms with Crippen molar-refractivity contribution in [1.29, 1.82) is 0 Å². The van der Waals surface area contributed by atoms with Gasteiger partial charge in [0.25, 0.3) is 0 Å². The summed E-state index contributed by atoms with van der Waals surface area (Å²) in [7, 11) is 0. The molecule has 0 bridgehead atoms. The van der Waals surface area contributed by atoms with Gasteiger partial charge in [-0.1, -0.05) is 151 Å². The maximum Gasteiger partial charge on any atom is 0.0540 e. The lowest BCUT2D eigenvalue weighted by atomic mass is 9.79. The van der Waals surface area contributed by atoms with Gasteiger partial charge < -0.3 is 10.3 Å². The summed E-state index contributed by atoms with van der Waals surface area (Å²) in [5.41, 5.74) is 14.7. The first-order valence-electron chi connectivity index (χ1n) is 16.0. The van der Waals surface area contributed by atoms with E-state index in [0.717, 1.165) is 0 Å². The van der Waals surface area contributed by atoms with Crippen LogP contribution in [0.15, 0.2) is 158 Å². The average Bonchev–Trinajstić information content (AvgIpc) is 3.50. The van der Waals surface area contributed by atoms with Crippen LogP contribution < -0.4 is 5.73 Å². The Morgan fingerprint density at radius 1 is 0.783 bits per heavy atom. The number of rotatable bonds is 6. The number of aromatic nitrogens is 1. The number of para-hydroxylation sites is 1. The molecule has 0 saturated heterocycles. The van der Waals surface area contributed by atoms with E-state index in [1.54, 1.807) is 18.2 Å². The van der Waals surface area contributed by atoms with Gasteiger partial charge in [0.2, 0.25) is 0 Å². The average molecular weight is 603 g/mol. The molecule has 0 saturated carbocycles. The molecule has 232 valence electrons. The first kappa shape index (κ1) is 33.6. The summed E-state index contributed by atoms with van der Waals surface area (Å²) in [6, 6.07) is 28.7. The molecule has 1 aliphatic rings. The van der Waals surface area contributed by atoms with Gasteiger partial charge in [-0.05, 0) is 75.9 Å². The number of benzene rings is 4. The highest BCUT2D eigenvalue weighted by Crippen LogP contribution is 2.52. The molecule has 0 radical (unpaired) electrons. The highest BCUT2D eigenvalue weighted by atomic mass is 14.9. The fraction of sp³-hybridized carbons (Fsp3) is 0.136. The van der Waals surface area contributed by atoms with Gasteiger partial charge in [-0.2, -0.15) is 0 Å². The monoisotopic (exact) mass is 602 g/mol. The van der Waals surface area contributed by atoms with Crippen LogP contribution in [-0.4, -0.2) is 4.57 Å². The van der Waals surface area contributed by atoms with Crippen molar-refractivity contribution >= 4 is 50.4 Å². The van der Waals surface area contributed by atoms with E-state index in [0.29, 0.717) is 5.70 Å². The van der Waals surface area contributed by atoms with Gasteiger partial charge in [-0.25, -0.2) is 0 Å². The molecule has 0 fully saturated rings. The number of nitrogens with zero attached hydrogens (tertiary/aromatic N) is 1. The third-order valence-corrected chi connectivity index (χ3v) is 8.22. The van der Waals surface area contributed by atoms with Crippen LogP contribution in [-0.2, 0) is 5.41 Å². The zero-order valence-electron chi connectivity index (χ0n) is 27.9. The molecule has 2 N–H and O–H groups in total. The molecule has 0 amide bonds. The Balaban J connectivity index is 0.000000475. The van der Waals surface area contributed by atoms with Crippen molar-refractivity contribution < 1.29 is 0 Å². The van der Waals surface area contributed by atoms with Gasteiger partial charge in [-0.3, -0.25) is 0 Å². The molecule has 1 aliphatic carbocycles. The zero-order chi connectivity index (χ0) is 33.3. The fourth-order valence-electron chi connectivity index (χ4n) is 6.23. The standard InChI is InChI=1S/C36H31N.C6H9N.C2H6/c1-5-7-12-22-37-33-17-11-10-16-29(33)30-20-18-25(24-34(30)37)23-32-28(13-6-2)31-21-19-26-14-8-9-15-27(26)35(31)36(32,3)4;1-3-5-6(7)4-2;1-2/h5-24H,2H2,1,3-4H3;3-5H,1-2,7H2;1-2H3/b7-5-,22-12-,28-13-,32-23+;6-5+;. The Labute approximate surface area is 275 Å². The van der Waals surface area contributed by atoms with E-state index in [2.05, 4.69) is 154 Å². The normalized spacial score (nSPS) is 15.6. The summed E-state index contributed by atoms with van der Waals surface area (Å²) in [4.78, 5) is 0. The van der Waals surface area contributed by atoms with E-state index in [4.69, 9.17) is 5.73 Å².